The summed E-state index contributed by atoms with van der Waals surface area (Å²) < 4.78 is 0. The second kappa shape index (κ2) is 5.86. The zero-order chi connectivity index (χ0) is 12.1. The summed E-state index contributed by atoms with van der Waals surface area (Å²) >= 11 is 5.92. The molecule has 1 fully saturated rings. The van der Waals surface area contributed by atoms with Crippen molar-refractivity contribution in [2.45, 2.75) is 19.9 Å². The third-order valence-corrected chi connectivity index (χ3v) is 2.60. The van der Waals surface area contributed by atoms with E-state index in [0.717, 1.165) is 29.5 Å². The molecular weight excluding hydrogens is 238 g/mol. The van der Waals surface area contributed by atoms with Gasteiger partial charge in [-0.15, -0.1) is 5.53 Å². The van der Waals surface area contributed by atoms with E-state index in [0.29, 0.717) is 6.54 Å². The van der Waals surface area contributed by atoms with Gasteiger partial charge in [-0.05, 0) is 24.1 Å². The number of guanidine groups is 1. The summed E-state index contributed by atoms with van der Waals surface area (Å²) in [6, 6.07) is 7.72. The van der Waals surface area contributed by atoms with Gasteiger partial charge in [-0.1, -0.05) is 30.7 Å². The van der Waals surface area contributed by atoms with Crippen LogP contribution in [0.4, 0.5) is 0 Å². The predicted octanol–water partition coefficient (Wildman–Crippen LogP) is 1.44. The van der Waals surface area contributed by atoms with Crippen LogP contribution < -0.4 is 16.5 Å². The fourth-order valence-electron chi connectivity index (χ4n) is 1.58. The van der Waals surface area contributed by atoms with Crippen LogP contribution in [-0.2, 0) is 6.54 Å². The Hall–Kier alpha value is -1.30. The highest BCUT2D eigenvalue weighted by atomic mass is 35.5. The molecule has 17 heavy (non-hydrogen) atoms. The summed E-state index contributed by atoms with van der Waals surface area (Å²) in [5.41, 5.74) is 9.85. The van der Waals surface area contributed by atoms with Crippen molar-refractivity contribution in [1.29, 1.82) is 0 Å². The molecule has 92 valence electrons. The highest BCUT2D eigenvalue weighted by molar-refractivity contribution is 6.30. The van der Waals surface area contributed by atoms with Gasteiger partial charge in [-0.2, -0.15) is 5.53 Å². The normalized spacial score (nSPS) is 17.5. The fraction of sp³-hybridized carbons (Fsp3) is 0.364. The van der Waals surface area contributed by atoms with Gasteiger partial charge in [-0.3, -0.25) is 10.4 Å². The van der Waals surface area contributed by atoms with Crippen molar-refractivity contribution in [2.75, 3.05) is 6.54 Å². The van der Waals surface area contributed by atoms with Crippen LogP contribution in [0.1, 0.15) is 18.9 Å². The van der Waals surface area contributed by atoms with E-state index in [4.69, 9.17) is 11.6 Å². The maximum absolute atomic E-state index is 5.92. The first kappa shape index (κ1) is 12.2. The van der Waals surface area contributed by atoms with Crippen molar-refractivity contribution in [3.8, 4) is 0 Å². The summed E-state index contributed by atoms with van der Waals surface area (Å²) in [6.07, 6.45) is 1.05. The number of aliphatic imine (C=N–C) groups is 1. The van der Waals surface area contributed by atoms with Crippen LogP contribution in [0.15, 0.2) is 29.3 Å². The molecule has 6 heteroatoms. The SMILES string of the molecule is CCCN1NNNC1=NCc1cccc(Cl)c1. The zero-order valence-electron chi connectivity index (χ0n) is 9.70. The van der Waals surface area contributed by atoms with Gasteiger partial charge < -0.3 is 0 Å². The molecule has 0 spiro atoms. The quantitative estimate of drug-likeness (QED) is 0.760. The number of rotatable bonds is 4. The second-order valence-corrected chi connectivity index (χ2v) is 4.22. The Morgan fingerprint density at radius 1 is 1.41 bits per heavy atom. The molecule has 0 atom stereocenters. The van der Waals surface area contributed by atoms with Gasteiger partial charge in [0.2, 0.25) is 5.96 Å². The van der Waals surface area contributed by atoms with Crippen LogP contribution in [0.2, 0.25) is 5.02 Å². The number of nitrogens with zero attached hydrogens (tertiary/aromatic N) is 2. The Labute approximate surface area is 106 Å². The number of halogens is 1. The van der Waals surface area contributed by atoms with Gasteiger partial charge in [-0.25, -0.2) is 4.99 Å². The lowest BCUT2D eigenvalue weighted by atomic mass is 10.2. The van der Waals surface area contributed by atoms with Gasteiger partial charge in [0.15, 0.2) is 0 Å². The van der Waals surface area contributed by atoms with E-state index in [2.05, 4.69) is 28.4 Å². The fourth-order valence-corrected chi connectivity index (χ4v) is 1.80. The molecule has 0 aromatic heterocycles. The first-order chi connectivity index (χ1) is 8.29. The van der Waals surface area contributed by atoms with E-state index in [-0.39, 0.29) is 0 Å². The average Bonchev–Trinajstić information content (AvgIpc) is 2.75. The predicted molar refractivity (Wildman–Crippen MR) is 69.0 cm³/mol. The third-order valence-electron chi connectivity index (χ3n) is 2.37. The largest absolute Gasteiger partial charge is 0.275 e. The molecule has 0 amide bonds. The van der Waals surface area contributed by atoms with Crippen LogP contribution >= 0.6 is 11.6 Å². The zero-order valence-corrected chi connectivity index (χ0v) is 10.5. The van der Waals surface area contributed by atoms with Gasteiger partial charge in [0.25, 0.3) is 0 Å². The maximum atomic E-state index is 5.92. The Bertz CT molecular complexity index is 407. The average molecular weight is 254 g/mol. The van der Waals surface area contributed by atoms with Gasteiger partial charge in [0, 0.05) is 11.6 Å². The van der Waals surface area contributed by atoms with E-state index in [1.165, 1.54) is 0 Å². The standard InChI is InChI=1S/C11H16ClN5/c1-2-6-17-11(14-15-16-17)13-8-9-4-3-5-10(12)7-9/h3-5,7,15-16H,2,6,8H2,1H3,(H,13,14). The Morgan fingerprint density at radius 3 is 3.06 bits per heavy atom. The van der Waals surface area contributed by atoms with Crippen molar-refractivity contribution in [1.82, 2.24) is 21.5 Å². The Balaban J connectivity index is 2.00. The number of hydrazine groups is 3. The van der Waals surface area contributed by atoms with Gasteiger partial charge in [0.1, 0.15) is 0 Å². The van der Waals surface area contributed by atoms with E-state index >= 15 is 0 Å². The molecule has 1 aliphatic rings. The van der Waals surface area contributed by atoms with Crippen LogP contribution in [0.3, 0.4) is 0 Å². The summed E-state index contributed by atoms with van der Waals surface area (Å²) in [4.78, 5) is 4.48. The summed E-state index contributed by atoms with van der Waals surface area (Å²) in [5, 5.41) is 2.67. The molecule has 1 aromatic carbocycles. The third kappa shape index (κ3) is 3.33. The summed E-state index contributed by atoms with van der Waals surface area (Å²) in [5.74, 6) is 0.798. The smallest absolute Gasteiger partial charge is 0.225 e. The van der Waals surface area contributed by atoms with E-state index in [9.17, 15) is 0 Å². The molecule has 3 N–H and O–H groups in total. The molecular formula is C11H16ClN5. The van der Waals surface area contributed by atoms with E-state index < -0.39 is 0 Å². The van der Waals surface area contributed by atoms with Gasteiger partial charge >= 0.3 is 0 Å². The lowest BCUT2D eigenvalue weighted by Crippen LogP contribution is -2.38. The molecule has 2 rings (SSSR count). The van der Waals surface area contributed by atoms with Crippen LogP contribution in [0.5, 0.6) is 0 Å². The topological polar surface area (TPSA) is 51.7 Å². The number of hydrogen-bond acceptors (Lipinski definition) is 3. The molecule has 1 aliphatic heterocycles. The summed E-state index contributed by atoms with van der Waals surface area (Å²) in [6.45, 7) is 3.62. The molecule has 0 unspecified atom stereocenters. The number of nitrogens with one attached hydrogen (secondary N) is 3. The van der Waals surface area contributed by atoms with Crippen LogP contribution in [0, 0.1) is 0 Å². The molecule has 0 saturated carbocycles. The molecule has 1 aromatic rings. The van der Waals surface area contributed by atoms with Crippen molar-refractivity contribution in [2.24, 2.45) is 4.99 Å². The minimum atomic E-state index is 0.604. The number of hydrogen-bond donors (Lipinski definition) is 3. The van der Waals surface area contributed by atoms with Gasteiger partial charge in [0.05, 0.1) is 6.54 Å². The van der Waals surface area contributed by atoms with E-state index in [1.807, 2.05) is 29.3 Å². The first-order valence-corrected chi connectivity index (χ1v) is 6.00. The number of benzene rings is 1. The maximum Gasteiger partial charge on any atom is 0.225 e. The molecule has 0 radical (unpaired) electrons. The molecule has 1 saturated heterocycles. The highest BCUT2D eigenvalue weighted by Gasteiger charge is 2.15. The molecule has 5 nitrogen and oxygen atoms in total. The monoisotopic (exact) mass is 253 g/mol. The Morgan fingerprint density at radius 2 is 2.29 bits per heavy atom. The summed E-state index contributed by atoms with van der Waals surface area (Å²) in [7, 11) is 0. The van der Waals surface area contributed by atoms with Crippen molar-refractivity contribution in [3.05, 3.63) is 34.9 Å². The van der Waals surface area contributed by atoms with E-state index in [1.54, 1.807) is 0 Å². The first-order valence-electron chi connectivity index (χ1n) is 5.62. The van der Waals surface area contributed by atoms with Crippen LogP contribution in [0.25, 0.3) is 0 Å². The lowest BCUT2D eigenvalue weighted by molar-refractivity contribution is 0.301. The molecule has 0 aliphatic carbocycles. The molecule has 0 bridgehead atoms. The minimum Gasteiger partial charge on any atom is -0.275 e. The van der Waals surface area contributed by atoms with Crippen molar-refractivity contribution in [3.63, 3.8) is 0 Å². The highest BCUT2D eigenvalue weighted by Crippen LogP contribution is 2.11. The molecule has 1 heterocycles. The van der Waals surface area contributed by atoms with Crippen molar-refractivity contribution < 1.29 is 0 Å². The Kier molecular flexibility index (Phi) is 4.19. The second-order valence-electron chi connectivity index (χ2n) is 3.78. The van der Waals surface area contributed by atoms with Crippen molar-refractivity contribution >= 4 is 17.6 Å². The van der Waals surface area contributed by atoms with Crippen LogP contribution in [-0.4, -0.2) is 17.5 Å². The lowest BCUT2D eigenvalue weighted by Gasteiger charge is -2.14. The minimum absolute atomic E-state index is 0.604.